The first-order valence-corrected chi connectivity index (χ1v) is 7.11. The van der Waals surface area contributed by atoms with E-state index >= 15 is 0 Å². The zero-order valence-electron chi connectivity index (χ0n) is 11.1. The Labute approximate surface area is 113 Å². The van der Waals surface area contributed by atoms with E-state index in [-0.39, 0.29) is 5.41 Å². The number of carboxylic acids is 1. The second kappa shape index (κ2) is 6.25. The van der Waals surface area contributed by atoms with Gasteiger partial charge in [-0.25, -0.2) is 0 Å². The fourth-order valence-corrected chi connectivity index (χ4v) is 2.42. The van der Waals surface area contributed by atoms with E-state index in [1.165, 1.54) is 11.1 Å². The summed E-state index contributed by atoms with van der Waals surface area (Å²) in [6.45, 7) is 6.55. The van der Waals surface area contributed by atoms with Gasteiger partial charge in [-0.15, -0.1) is 0 Å². The maximum absolute atomic E-state index is 10.6. The van der Waals surface area contributed by atoms with Crippen LogP contribution in [0.3, 0.4) is 0 Å². The molecule has 0 fully saturated rings. The molecular weight excluding hydrogens is 246 g/mol. The summed E-state index contributed by atoms with van der Waals surface area (Å²) in [6.07, 6.45) is 0. The third-order valence-corrected chi connectivity index (χ3v) is 3.84. The van der Waals surface area contributed by atoms with Crippen LogP contribution in [0, 0.1) is 0 Å². The molecular formula is C14H21NO2S. The number of thioether (sulfide) groups is 1. The van der Waals surface area contributed by atoms with Gasteiger partial charge in [0, 0.05) is 11.5 Å². The zero-order chi connectivity index (χ0) is 13.8. The summed E-state index contributed by atoms with van der Waals surface area (Å²) >= 11 is 1.55. The molecule has 0 bridgehead atoms. The second-order valence-corrected chi connectivity index (χ2v) is 6.44. The molecule has 1 rings (SSSR count). The first kappa shape index (κ1) is 15.1. The van der Waals surface area contributed by atoms with Crippen LogP contribution < -0.4 is 5.73 Å². The highest BCUT2D eigenvalue weighted by molar-refractivity contribution is 7.98. The highest BCUT2D eigenvalue weighted by atomic mass is 32.2. The number of nitrogens with two attached hydrogens (primary N) is 1. The Bertz CT molecular complexity index is 395. The van der Waals surface area contributed by atoms with Crippen LogP contribution >= 0.6 is 11.8 Å². The Morgan fingerprint density at radius 3 is 2.33 bits per heavy atom. The van der Waals surface area contributed by atoms with Gasteiger partial charge in [0.05, 0.1) is 0 Å². The molecule has 0 saturated carbocycles. The lowest BCUT2D eigenvalue weighted by molar-refractivity contribution is -0.137. The average Bonchev–Trinajstić information content (AvgIpc) is 2.28. The summed E-state index contributed by atoms with van der Waals surface area (Å²) < 4.78 is 0. The lowest BCUT2D eigenvalue weighted by Gasteiger charge is -2.19. The van der Waals surface area contributed by atoms with Crippen molar-refractivity contribution in [2.45, 2.75) is 38.0 Å². The number of carboxylic acid groups (broad SMARTS) is 1. The van der Waals surface area contributed by atoms with Crippen LogP contribution in [0.25, 0.3) is 0 Å². The predicted octanol–water partition coefficient (Wildman–Crippen LogP) is 2.63. The smallest absolute Gasteiger partial charge is 0.321 e. The molecule has 18 heavy (non-hydrogen) atoms. The fourth-order valence-electron chi connectivity index (χ4n) is 1.48. The SMILES string of the molecule is CC(C)(C)c1ccc(CSC[C@H](N)C(=O)O)cc1. The minimum absolute atomic E-state index is 0.164. The van der Waals surface area contributed by atoms with E-state index < -0.39 is 12.0 Å². The van der Waals surface area contributed by atoms with Gasteiger partial charge in [-0.2, -0.15) is 11.8 Å². The van der Waals surface area contributed by atoms with E-state index in [9.17, 15) is 4.79 Å². The standard InChI is InChI=1S/C14H21NO2S/c1-14(2,3)11-6-4-10(5-7-11)8-18-9-12(15)13(16)17/h4-7,12H,8-9,15H2,1-3H3,(H,16,17)/t12-/m0/s1. The van der Waals surface area contributed by atoms with Crippen molar-refractivity contribution in [3.8, 4) is 0 Å². The summed E-state index contributed by atoms with van der Waals surface area (Å²) in [5, 5.41) is 8.67. The van der Waals surface area contributed by atoms with Crippen LogP contribution in [0.4, 0.5) is 0 Å². The quantitative estimate of drug-likeness (QED) is 0.861. The van der Waals surface area contributed by atoms with Gasteiger partial charge in [-0.3, -0.25) is 4.79 Å². The third-order valence-electron chi connectivity index (χ3n) is 2.70. The van der Waals surface area contributed by atoms with Crippen LogP contribution in [-0.4, -0.2) is 22.9 Å². The largest absolute Gasteiger partial charge is 0.480 e. The van der Waals surface area contributed by atoms with E-state index in [1.807, 2.05) is 0 Å². The lowest BCUT2D eigenvalue weighted by atomic mass is 9.87. The lowest BCUT2D eigenvalue weighted by Crippen LogP contribution is -2.32. The minimum Gasteiger partial charge on any atom is -0.480 e. The molecule has 0 spiro atoms. The van der Waals surface area contributed by atoms with Crippen molar-refractivity contribution in [3.05, 3.63) is 35.4 Å². The van der Waals surface area contributed by atoms with Crippen molar-refractivity contribution in [1.29, 1.82) is 0 Å². The Balaban J connectivity index is 2.47. The van der Waals surface area contributed by atoms with Gasteiger partial charge in [-0.1, -0.05) is 45.0 Å². The van der Waals surface area contributed by atoms with Crippen molar-refractivity contribution in [2.75, 3.05) is 5.75 Å². The fraction of sp³-hybridized carbons (Fsp3) is 0.500. The zero-order valence-corrected chi connectivity index (χ0v) is 12.0. The number of hydrogen-bond donors (Lipinski definition) is 2. The van der Waals surface area contributed by atoms with Crippen molar-refractivity contribution >= 4 is 17.7 Å². The summed E-state index contributed by atoms with van der Waals surface area (Å²) in [4.78, 5) is 10.6. The highest BCUT2D eigenvalue weighted by Gasteiger charge is 2.13. The highest BCUT2D eigenvalue weighted by Crippen LogP contribution is 2.23. The van der Waals surface area contributed by atoms with Crippen LogP contribution in [0.15, 0.2) is 24.3 Å². The maximum atomic E-state index is 10.6. The second-order valence-electron chi connectivity index (χ2n) is 5.41. The topological polar surface area (TPSA) is 63.3 Å². The van der Waals surface area contributed by atoms with Crippen molar-refractivity contribution in [2.24, 2.45) is 5.73 Å². The summed E-state index contributed by atoms with van der Waals surface area (Å²) in [6, 6.07) is 7.68. The summed E-state index contributed by atoms with van der Waals surface area (Å²) in [5.74, 6) is 0.299. The van der Waals surface area contributed by atoms with Gasteiger partial charge in [0.1, 0.15) is 6.04 Å². The molecule has 1 aromatic rings. The number of benzene rings is 1. The molecule has 0 amide bonds. The van der Waals surface area contributed by atoms with Gasteiger partial charge >= 0.3 is 5.97 Å². The van der Waals surface area contributed by atoms with E-state index in [0.29, 0.717) is 5.75 Å². The summed E-state index contributed by atoms with van der Waals surface area (Å²) in [5.41, 5.74) is 8.11. The summed E-state index contributed by atoms with van der Waals surface area (Å²) in [7, 11) is 0. The van der Waals surface area contributed by atoms with E-state index in [4.69, 9.17) is 10.8 Å². The Morgan fingerprint density at radius 1 is 1.33 bits per heavy atom. The van der Waals surface area contributed by atoms with Gasteiger partial charge in [-0.05, 0) is 16.5 Å². The molecule has 0 radical (unpaired) electrons. The molecule has 0 aliphatic heterocycles. The maximum Gasteiger partial charge on any atom is 0.321 e. The van der Waals surface area contributed by atoms with Gasteiger partial charge < -0.3 is 10.8 Å². The Kier molecular flexibility index (Phi) is 5.23. The molecule has 0 aromatic heterocycles. The van der Waals surface area contributed by atoms with Gasteiger partial charge in [0.2, 0.25) is 0 Å². The predicted molar refractivity (Wildman–Crippen MR) is 76.9 cm³/mol. The van der Waals surface area contributed by atoms with Gasteiger partial charge in [0.15, 0.2) is 0 Å². The molecule has 0 saturated heterocycles. The van der Waals surface area contributed by atoms with Crippen molar-refractivity contribution in [1.82, 2.24) is 0 Å². The molecule has 3 nitrogen and oxygen atoms in total. The first-order chi connectivity index (χ1) is 8.30. The molecule has 1 aromatic carbocycles. The molecule has 0 aliphatic carbocycles. The first-order valence-electron chi connectivity index (χ1n) is 5.96. The normalized spacial score (nSPS) is 13.3. The van der Waals surface area contributed by atoms with E-state index in [0.717, 1.165) is 5.75 Å². The number of hydrogen-bond acceptors (Lipinski definition) is 3. The van der Waals surface area contributed by atoms with Gasteiger partial charge in [0.25, 0.3) is 0 Å². The van der Waals surface area contributed by atoms with Crippen LogP contribution in [0.2, 0.25) is 0 Å². The van der Waals surface area contributed by atoms with Crippen LogP contribution in [0.5, 0.6) is 0 Å². The minimum atomic E-state index is -0.939. The number of rotatable bonds is 5. The van der Waals surface area contributed by atoms with Crippen LogP contribution in [0.1, 0.15) is 31.9 Å². The molecule has 0 aliphatic rings. The Hall–Kier alpha value is -1.00. The molecule has 100 valence electrons. The Morgan fingerprint density at radius 2 is 1.89 bits per heavy atom. The monoisotopic (exact) mass is 267 g/mol. The third kappa shape index (κ3) is 4.70. The molecule has 0 heterocycles. The van der Waals surface area contributed by atoms with E-state index in [2.05, 4.69) is 45.0 Å². The molecule has 0 unspecified atom stereocenters. The number of carbonyl (C=O) groups is 1. The average molecular weight is 267 g/mol. The van der Waals surface area contributed by atoms with E-state index in [1.54, 1.807) is 11.8 Å². The number of aliphatic carboxylic acids is 1. The molecule has 1 atom stereocenters. The van der Waals surface area contributed by atoms with Crippen molar-refractivity contribution in [3.63, 3.8) is 0 Å². The van der Waals surface area contributed by atoms with Crippen molar-refractivity contribution < 1.29 is 9.90 Å². The molecule has 3 N–H and O–H groups in total. The molecule has 4 heteroatoms. The van der Waals surface area contributed by atoms with Crippen LogP contribution in [-0.2, 0) is 16.0 Å².